The summed E-state index contributed by atoms with van der Waals surface area (Å²) in [5, 5.41) is 0.644. The molecule has 0 radical (unpaired) electrons. The van der Waals surface area contributed by atoms with Crippen molar-refractivity contribution in [2.24, 2.45) is 4.99 Å². The lowest BCUT2D eigenvalue weighted by Gasteiger charge is -2.09. The Morgan fingerprint density at radius 2 is 1.84 bits per heavy atom. The van der Waals surface area contributed by atoms with Crippen molar-refractivity contribution in [1.82, 2.24) is 4.57 Å². The second kappa shape index (κ2) is 9.92. The average molecular weight is 453 g/mol. The monoisotopic (exact) mass is 452 g/mol. The number of carbonyl (C=O) groups is 1. The molecule has 0 aliphatic carbocycles. The van der Waals surface area contributed by atoms with E-state index in [4.69, 9.17) is 21.1 Å². The summed E-state index contributed by atoms with van der Waals surface area (Å²) < 4.78 is 14.4. The Kier molecular flexibility index (Phi) is 6.82. The number of para-hydroxylation sites is 2. The van der Waals surface area contributed by atoms with E-state index in [0.717, 1.165) is 10.2 Å². The molecule has 0 bridgehead atoms. The van der Waals surface area contributed by atoms with E-state index in [1.165, 1.54) is 11.3 Å². The predicted molar refractivity (Wildman–Crippen MR) is 124 cm³/mol. The number of nitrogens with zero attached hydrogens (tertiary/aromatic N) is 2. The van der Waals surface area contributed by atoms with E-state index < -0.39 is 0 Å². The quantitative estimate of drug-likeness (QED) is 0.327. The zero-order valence-electron chi connectivity index (χ0n) is 17.0. The molecular formula is C24H21ClN2O3S. The number of ether oxygens (including phenoxy) is 2. The standard InChI is InChI=1S/C24H21ClN2O3S/c1-2-29-15-14-27-20-13-12-17(25)16-22(20)31-24(27)26-23(28)19-10-6-7-11-21(19)30-18-8-4-3-5-9-18/h3-13,16H,2,14-15H2,1H3. The molecular weight excluding hydrogens is 432 g/mol. The highest BCUT2D eigenvalue weighted by Gasteiger charge is 2.14. The van der Waals surface area contributed by atoms with Gasteiger partial charge in [-0.15, -0.1) is 0 Å². The Morgan fingerprint density at radius 1 is 1.06 bits per heavy atom. The number of fused-ring (bicyclic) bond motifs is 1. The molecule has 4 rings (SSSR count). The van der Waals surface area contributed by atoms with E-state index in [0.29, 0.717) is 46.6 Å². The first kappa shape index (κ1) is 21.3. The second-order valence-corrected chi connectivity index (χ2v) is 8.12. The molecule has 0 N–H and O–H groups in total. The molecule has 1 aromatic heterocycles. The van der Waals surface area contributed by atoms with E-state index >= 15 is 0 Å². The van der Waals surface area contributed by atoms with E-state index in [1.54, 1.807) is 18.2 Å². The lowest BCUT2D eigenvalue weighted by atomic mass is 10.2. The number of thiazole rings is 1. The molecule has 0 aliphatic rings. The van der Waals surface area contributed by atoms with Crippen molar-refractivity contribution in [1.29, 1.82) is 0 Å². The largest absolute Gasteiger partial charge is 0.457 e. The lowest BCUT2D eigenvalue weighted by Crippen LogP contribution is -2.19. The molecule has 0 aliphatic heterocycles. The van der Waals surface area contributed by atoms with Gasteiger partial charge in [-0.25, -0.2) is 0 Å². The molecule has 0 fully saturated rings. The molecule has 1 heterocycles. The highest BCUT2D eigenvalue weighted by Crippen LogP contribution is 2.26. The molecule has 1 amide bonds. The van der Waals surface area contributed by atoms with Crippen LogP contribution in [-0.2, 0) is 11.3 Å². The van der Waals surface area contributed by atoms with E-state index in [-0.39, 0.29) is 5.91 Å². The number of hydrogen-bond acceptors (Lipinski definition) is 4. The fraction of sp³-hybridized carbons (Fsp3) is 0.167. The van der Waals surface area contributed by atoms with Crippen LogP contribution < -0.4 is 9.54 Å². The average Bonchev–Trinajstić information content (AvgIpc) is 3.11. The zero-order chi connectivity index (χ0) is 21.6. The number of aromatic nitrogens is 1. The van der Waals surface area contributed by atoms with Crippen molar-refractivity contribution in [3.8, 4) is 11.5 Å². The molecule has 0 saturated heterocycles. The molecule has 4 aromatic rings. The SMILES string of the molecule is CCOCCn1c(=NC(=O)c2ccccc2Oc2ccccc2)sc2cc(Cl)ccc21. The van der Waals surface area contributed by atoms with E-state index in [2.05, 4.69) is 4.99 Å². The van der Waals surface area contributed by atoms with Gasteiger partial charge in [-0.2, -0.15) is 4.99 Å². The van der Waals surface area contributed by atoms with Crippen LogP contribution in [0.25, 0.3) is 10.2 Å². The Labute approximate surface area is 189 Å². The number of halogens is 1. The van der Waals surface area contributed by atoms with Gasteiger partial charge in [-0.3, -0.25) is 4.79 Å². The van der Waals surface area contributed by atoms with Crippen molar-refractivity contribution < 1.29 is 14.3 Å². The normalized spacial score (nSPS) is 11.7. The molecule has 31 heavy (non-hydrogen) atoms. The maximum Gasteiger partial charge on any atom is 0.283 e. The highest BCUT2D eigenvalue weighted by molar-refractivity contribution is 7.16. The maximum atomic E-state index is 13.1. The van der Waals surface area contributed by atoms with Gasteiger partial charge in [0.1, 0.15) is 11.5 Å². The predicted octanol–water partition coefficient (Wildman–Crippen LogP) is 5.93. The van der Waals surface area contributed by atoms with Crippen LogP contribution in [0.15, 0.2) is 77.8 Å². The fourth-order valence-corrected chi connectivity index (χ4v) is 4.47. The fourth-order valence-electron chi connectivity index (χ4n) is 3.14. The van der Waals surface area contributed by atoms with Crippen molar-refractivity contribution >= 4 is 39.1 Å². The third-order valence-electron chi connectivity index (χ3n) is 4.59. The van der Waals surface area contributed by atoms with Gasteiger partial charge in [0.15, 0.2) is 4.80 Å². The number of rotatable bonds is 7. The summed E-state index contributed by atoms with van der Waals surface area (Å²) >= 11 is 7.59. The smallest absolute Gasteiger partial charge is 0.283 e. The molecule has 0 saturated carbocycles. The first-order valence-electron chi connectivity index (χ1n) is 9.93. The Hall–Kier alpha value is -2.93. The minimum atomic E-state index is -0.366. The Balaban J connectivity index is 1.73. The van der Waals surface area contributed by atoms with Gasteiger partial charge in [0.25, 0.3) is 5.91 Å². The van der Waals surface area contributed by atoms with Gasteiger partial charge in [0.2, 0.25) is 0 Å². The van der Waals surface area contributed by atoms with Crippen LogP contribution in [0.4, 0.5) is 0 Å². The number of amides is 1. The second-order valence-electron chi connectivity index (χ2n) is 6.67. The van der Waals surface area contributed by atoms with Crippen LogP contribution in [0, 0.1) is 0 Å². The molecule has 0 unspecified atom stereocenters. The Bertz CT molecular complexity index is 1260. The number of carbonyl (C=O) groups excluding carboxylic acids is 1. The third kappa shape index (κ3) is 5.05. The summed E-state index contributed by atoms with van der Waals surface area (Å²) in [6.07, 6.45) is 0. The van der Waals surface area contributed by atoms with Crippen LogP contribution in [0.2, 0.25) is 5.02 Å². The summed E-state index contributed by atoms with van der Waals surface area (Å²) in [5.41, 5.74) is 1.37. The molecule has 7 heteroatoms. The minimum Gasteiger partial charge on any atom is -0.457 e. The van der Waals surface area contributed by atoms with Gasteiger partial charge in [0.05, 0.1) is 22.4 Å². The van der Waals surface area contributed by atoms with Crippen LogP contribution in [0.3, 0.4) is 0 Å². The minimum absolute atomic E-state index is 0.366. The summed E-state index contributed by atoms with van der Waals surface area (Å²) in [6, 6.07) is 22.1. The van der Waals surface area contributed by atoms with Crippen LogP contribution in [0.5, 0.6) is 11.5 Å². The van der Waals surface area contributed by atoms with Crippen LogP contribution >= 0.6 is 22.9 Å². The summed E-state index contributed by atoms with van der Waals surface area (Å²) in [6.45, 7) is 3.70. The summed E-state index contributed by atoms with van der Waals surface area (Å²) in [4.78, 5) is 18.2. The lowest BCUT2D eigenvalue weighted by molar-refractivity contribution is 0.0994. The van der Waals surface area contributed by atoms with Crippen molar-refractivity contribution in [2.45, 2.75) is 13.5 Å². The first-order valence-corrected chi connectivity index (χ1v) is 11.1. The van der Waals surface area contributed by atoms with Gasteiger partial charge in [-0.05, 0) is 49.4 Å². The highest BCUT2D eigenvalue weighted by atomic mass is 35.5. The van der Waals surface area contributed by atoms with Gasteiger partial charge in [-0.1, -0.05) is 53.3 Å². The molecule has 0 spiro atoms. The van der Waals surface area contributed by atoms with Gasteiger partial charge < -0.3 is 14.0 Å². The van der Waals surface area contributed by atoms with Crippen LogP contribution in [0.1, 0.15) is 17.3 Å². The Morgan fingerprint density at radius 3 is 2.65 bits per heavy atom. The zero-order valence-corrected chi connectivity index (χ0v) is 18.5. The third-order valence-corrected chi connectivity index (χ3v) is 5.87. The van der Waals surface area contributed by atoms with E-state index in [1.807, 2.05) is 66.1 Å². The van der Waals surface area contributed by atoms with Gasteiger partial charge >= 0.3 is 0 Å². The maximum absolute atomic E-state index is 13.1. The van der Waals surface area contributed by atoms with Crippen molar-refractivity contribution in [3.63, 3.8) is 0 Å². The molecule has 0 atom stereocenters. The van der Waals surface area contributed by atoms with Crippen molar-refractivity contribution in [2.75, 3.05) is 13.2 Å². The van der Waals surface area contributed by atoms with Crippen molar-refractivity contribution in [3.05, 3.63) is 88.2 Å². The first-order chi connectivity index (χ1) is 15.2. The van der Waals surface area contributed by atoms with E-state index in [9.17, 15) is 4.79 Å². The number of hydrogen-bond donors (Lipinski definition) is 0. The molecule has 5 nitrogen and oxygen atoms in total. The van der Waals surface area contributed by atoms with Crippen LogP contribution in [-0.4, -0.2) is 23.7 Å². The summed E-state index contributed by atoms with van der Waals surface area (Å²) in [7, 11) is 0. The van der Waals surface area contributed by atoms with Gasteiger partial charge in [0, 0.05) is 18.2 Å². The molecule has 158 valence electrons. The topological polar surface area (TPSA) is 52.8 Å². The number of benzene rings is 3. The summed E-state index contributed by atoms with van der Waals surface area (Å²) in [5.74, 6) is 0.757. The molecule has 3 aromatic carbocycles.